The van der Waals surface area contributed by atoms with Crippen molar-refractivity contribution >= 4 is 17.8 Å². The Balaban J connectivity index is 1.52. The van der Waals surface area contributed by atoms with Crippen molar-refractivity contribution in [1.29, 1.82) is 0 Å². The van der Waals surface area contributed by atoms with Gasteiger partial charge >= 0.3 is 6.03 Å². The van der Waals surface area contributed by atoms with Gasteiger partial charge in [0.05, 0.1) is 26.3 Å². The van der Waals surface area contributed by atoms with Gasteiger partial charge in [-0.2, -0.15) is 0 Å². The third-order valence-corrected chi connectivity index (χ3v) is 7.42. The van der Waals surface area contributed by atoms with Gasteiger partial charge in [0, 0.05) is 19.6 Å². The van der Waals surface area contributed by atoms with Gasteiger partial charge in [-0.05, 0) is 17.0 Å². The first-order valence-electron chi connectivity index (χ1n) is 13.5. The van der Waals surface area contributed by atoms with Crippen molar-refractivity contribution in [2.75, 3.05) is 32.8 Å². The highest BCUT2D eigenvalue weighted by molar-refractivity contribution is 5.91. The molecule has 4 rings (SSSR count). The molecule has 0 spiro atoms. The molecule has 2 aliphatic rings. The molecule has 2 aromatic rings. The first-order chi connectivity index (χ1) is 18.4. The van der Waals surface area contributed by atoms with Crippen LogP contribution in [0.3, 0.4) is 0 Å². The molecular formula is C29H39N5O4. The fourth-order valence-corrected chi connectivity index (χ4v) is 5.15. The van der Waals surface area contributed by atoms with E-state index < -0.39 is 12.2 Å². The third-order valence-electron chi connectivity index (χ3n) is 7.42. The minimum absolute atomic E-state index is 0.0515. The fourth-order valence-electron chi connectivity index (χ4n) is 5.15. The molecule has 9 nitrogen and oxygen atoms in total. The Morgan fingerprint density at radius 3 is 2.32 bits per heavy atom. The molecule has 1 unspecified atom stereocenters. The van der Waals surface area contributed by atoms with Gasteiger partial charge in [-0.3, -0.25) is 9.59 Å². The highest BCUT2D eigenvalue weighted by Crippen LogP contribution is 2.30. The molecule has 2 heterocycles. The second kappa shape index (κ2) is 12.9. The van der Waals surface area contributed by atoms with E-state index >= 15 is 0 Å². The Kier molecular flexibility index (Phi) is 9.36. The molecule has 0 aliphatic carbocycles. The van der Waals surface area contributed by atoms with Crippen molar-refractivity contribution in [2.24, 2.45) is 5.92 Å². The number of amides is 4. The minimum Gasteiger partial charge on any atom is -0.375 e. The van der Waals surface area contributed by atoms with Crippen LogP contribution in [0.4, 0.5) is 4.79 Å². The van der Waals surface area contributed by atoms with Crippen LogP contribution < -0.4 is 5.32 Å². The van der Waals surface area contributed by atoms with Gasteiger partial charge in [0.1, 0.15) is 12.2 Å². The molecule has 9 heteroatoms. The average molecular weight is 522 g/mol. The Bertz CT molecular complexity index is 1080. The number of ether oxygens (including phenoxy) is 1. The van der Waals surface area contributed by atoms with Crippen molar-refractivity contribution in [2.45, 2.75) is 52.6 Å². The number of nitrogens with one attached hydrogen (secondary N) is 1. The lowest BCUT2D eigenvalue weighted by Gasteiger charge is -2.56. The summed E-state index contributed by atoms with van der Waals surface area (Å²) in [5.74, 6) is -0.256. The predicted octanol–water partition coefficient (Wildman–Crippen LogP) is 3.08. The Morgan fingerprint density at radius 1 is 1.03 bits per heavy atom. The molecule has 204 valence electrons. The molecule has 0 radical (unpaired) electrons. The summed E-state index contributed by atoms with van der Waals surface area (Å²) in [6.45, 7) is 8.33. The zero-order valence-electron chi connectivity index (χ0n) is 22.6. The van der Waals surface area contributed by atoms with Crippen molar-refractivity contribution in [1.82, 2.24) is 25.1 Å². The SMILES string of the molecule is CCC(C)[C@H]1C(=O)N(CCOCc2ccccc2)C[C@H]2N1C(=O)CN(CC)N2C(=O)NCc1ccccc1. The Hall–Kier alpha value is -3.43. The maximum Gasteiger partial charge on any atom is 0.334 e. The molecule has 0 saturated carbocycles. The van der Waals surface area contributed by atoms with Crippen LogP contribution in [0.15, 0.2) is 60.7 Å². The quantitative estimate of drug-likeness (QED) is 0.486. The second-order valence-electron chi connectivity index (χ2n) is 9.90. The smallest absolute Gasteiger partial charge is 0.334 e. The van der Waals surface area contributed by atoms with Gasteiger partial charge in [-0.1, -0.05) is 87.9 Å². The van der Waals surface area contributed by atoms with E-state index in [1.807, 2.05) is 81.4 Å². The number of hydrazine groups is 1. The highest BCUT2D eigenvalue weighted by atomic mass is 16.5. The summed E-state index contributed by atoms with van der Waals surface area (Å²) in [5.41, 5.74) is 2.06. The molecule has 2 fully saturated rings. The standard InChI is InChI=1S/C29H39N5O4/c1-4-22(3)27-28(36)31(16-17-38-21-24-14-10-7-11-15-24)19-25-33(27)26(35)20-32(5-2)34(25)29(37)30-18-23-12-8-6-9-13-23/h6-15,22,25,27H,4-5,16-21H2,1-3H3,(H,30,37)/t22?,25-,27-/m0/s1. The van der Waals surface area contributed by atoms with Crippen LogP contribution in [0.1, 0.15) is 38.3 Å². The zero-order valence-corrected chi connectivity index (χ0v) is 22.6. The van der Waals surface area contributed by atoms with Crippen LogP contribution >= 0.6 is 0 Å². The van der Waals surface area contributed by atoms with E-state index in [1.54, 1.807) is 19.8 Å². The summed E-state index contributed by atoms with van der Waals surface area (Å²) in [6.07, 6.45) is 0.154. The Labute approximate surface area is 225 Å². The maximum atomic E-state index is 13.7. The van der Waals surface area contributed by atoms with Crippen molar-refractivity contribution < 1.29 is 19.1 Å². The first-order valence-corrected chi connectivity index (χ1v) is 13.5. The molecule has 2 aromatic carbocycles. The summed E-state index contributed by atoms with van der Waals surface area (Å²) in [4.78, 5) is 44.0. The Morgan fingerprint density at radius 2 is 1.68 bits per heavy atom. The van der Waals surface area contributed by atoms with Crippen LogP contribution in [-0.2, 0) is 27.5 Å². The summed E-state index contributed by atoms with van der Waals surface area (Å²) in [7, 11) is 0. The lowest BCUT2D eigenvalue weighted by molar-refractivity contribution is -0.193. The van der Waals surface area contributed by atoms with E-state index in [0.717, 1.165) is 17.5 Å². The topological polar surface area (TPSA) is 85.4 Å². The molecule has 0 bridgehead atoms. The van der Waals surface area contributed by atoms with Crippen LogP contribution in [0.2, 0.25) is 0 Å². The van der Waals surface area contributed by atoms with Crippen LogP contribution in [0.5, 0.6) is 0 Å². The molecule has 3 atom stereocenters. The molecule has 2 aliphatic heterocycles. The number of piperazine rings is 1. The summed E-state index contributed by atoms with van der Waals surface area (Å²) < 4.78 is 5.88. The number of carbonyl (C=O) groups is 3. The zero-order chi connectivity index (χ0) is 27.1. The number of carbonyl (C=O) groups excluding carboxylic acids is 3. The van der Waals surface area contributed by atoms with Crippen LogP contribution in [0.25, 0.3) is 0 Å². The van der Waals surface area contributed by atoms with Gasteiger partial charge < -0.3 is 19.9 Å². The normalized spacial score (nSPS) is 20.9. The van der Waals surface area contributed by atoms with E-state index in [1.165, 1.54) is 0 Å². The number of likely N-dealkylation sites (N-methyl/N-ethyl adjacent to an activating group) is 1. The number of urea groups is 1. The van der Waals surface area contributed by atoms with Gasteiger partial charge in [0.15, 0.2) is 0 Å². The molecule has 38 heavy (non-hydrogen) atoms. The van der Waals surface area contributed by atoms with Gasteiger partial charge in [-0.15, -0.1) is 0 Å². The van der Waals surface area contributed by atoms with Crippen molar-refractivity contribution in [3.63, 3.8) is 0 Å². The number of rotatable bonds is 10. The minimum atomic E-state index is -0.621. The average Bonchev–Trinajstić information content (AvgIpc) is 2.95. The monoisotopic (exact) mass is 521 g/mol. The van der Waals surface area contributed by atoms with E-state index in [-0.39, 0.29) is 36.9 Å². The first kappa shape index (κ1) is 27.6. The van der Waals surface area contributed by atoms with Gasteiger partial charge in [0.2, 0.25) is 11.8 Å². The van der Waals surface area contributed by atoms with Crippen LogP contribution in [0, 0.1) is 5.92 Å². The van der Waals surface area contributed by atoms with Crippen molar-refractivity contribution in [3.05, 3.63) is 71.8 Å². The third kappa shape index (κ3) is 6.16. The number of benzene rings is 2. The number of hydrogen-bond acceptors (Lipinski definition) is 5. The number of nitrogens with zero attached hydrogens (tertiary/aromatic N) is 4. The predicted molar refractivity (Wildman–Crippen MR) is 144 cm³/mol. The molecule has 2 saturated heterocycles. The summed E-state index contributed by atoms with van der Waals surface area (Å²) in [6, 6.07) is 18.7. The maximum absolute atomic E-state index is 13.7. The van der Waals surface area contributed by atoms with E-state index in [2.05, 4.69) is 5.32 Å². The van der Waals surface area contributed by atoms with Gasteiger partial charge in [-0.25, -0.2) is 14.8 Å². The second-order valence-corrected chi connectivity index (χ2v) is 9.90. The molecule has 0 aromatic heterocycles. The van der Waals surface area contributed by atoms with E-state index in [0.29, 0.717) is 32.8 Å². The largest absolute Gasteiger partial charge is 0.375 e. The van der Waals surface area contributed by atoms with Gasteiger partial charge in [0.25, 0.3) is 0 Å². The van der Waals surface area contributed by atoms with E-state index in [4.69, 9.17) is 4.74 Å². The summed E-state index contributed by atoms with van der Waals surface area (Å²) in [5, 5.41) is 6.43. The number of hydrogen-bond donors (Lipinski definition) is 1. The van der Waals surface area contributed by atoms with Crippen LogP contribution in [-0.4, -0.2) is 82.7 Å². The molecular weight excluding hydrogens is 482 g/mol. The summed E-state index contributed by atoms with van der Waals surface area (Å²) >= 11 is 0. The molecule has 1 N–H and O–H groups in total. The lowest BCUT2D eigenvalue weighted by Crippen LogP contribution is -2.77. The highest BCUT2D eigenvalue weighted by Gasteiger charge is 2.52. The number of fused-ring (bicyclic) bond motifs is 1. The fraction of sp³-hybridized carbons (Fsp3) is 0.483. The van der Waals surface area contributed by atoms with Crippen molar-refractivity contribution in [3.8, 4) is 0 Å². The molecule has 4 amide bonds. The van der Waals surface area contributed by atoms with E-state index in [9.17, 15) is 14.4 Å². The lowest BCUT2D eigenvalue weighted by atomic mass is 9.92.